The number of rotatable bonds is 4. The second-order valence-corrected chi connectivity index (χ2v) is 5.70. The number of ether oxygens (including phenoxy) is 1. The van der Waals surface area contributed by atoms with Crippen LogP contribution in [0.4, 0.5) is 5.69 Å². The molecule has 0 atom stereocenters. The maximum Gasteiger partial charge on any atom is 0.224 e. The van der Waals surface area contributed by atoms with Crippen molar-refractivity contribution in [2.24, 2.45) is 5.92 Å². The fourth-order valence-electron chi connectivity index (χ4n) is 2.96. The molecule has 0 saturated carbocycles. The first-order valence-corrected chi connectivity index (χ1v) is 7.57. The molecule has 0 radical (unpaired) electrons. The lowest BCUT2D eigenvalue weighted by Crippen LogP contribution is -2.28. The van der Waals surface area contributed by atoms with Crippen molar-refractivity contribution in [3.8, 4) is 5.75 Å². The standard InChI is InChI=1S/C16H22N2O2/c19-16-4-1-13-11-14(2-3-15(13)18-16)20-10-7-12-5-8-17-9-6-12/h2-3,11-12,17H,1,4-10H2,(H,18,19). The molecule has 4 nitrogen and oxygen atoms in total. The van der Waals surface area contributed by atoms with Crippen LogP contribution in [-0.4, -0.2) is 25.6 Å². The van der Waals surface area contributed by atoms with Gasteiger partial charge in [-0.2, -0.15) is 0 Å². The van der Waals surface area contributed by atoms with Gasteiger partial charge in [0.1, 0.15) is 5.75 Å². The predicted octanol–water partition coefficient (Wildman–Crippen LogP) is 2.34. The average Bonchev–Trinajstić information content (AvgIpc) is 2.48. The van der Waals surface area contributed by atoms with Crippen molar-refractivity contribution in [1.82, 2.24) is 5.32 Å². The summed E-state index contributed by atoms with van der Waals surface area (Å²) in [4.78, 5) is 11.3. The van der Waals surface area contributed by atoms with Crippen molar-refractivity contribution in [3.63, 3.8) is 0 Å². The molecule has 1 aromatic rings. The topological polar surface area (TPSA) is 50.4 Å². The highest BCUT2D eigenvalue weighted by Gasteiger charge is 2.16. The Hall–Kier alpha value is -1.55. The van der Waals surface area contributed by atoms with Gasteiger partial charge < -0.3 is 15.4 Å². The summed E-state index contributed by atoms with van der Waals surface area (Å²) in [6.45, 7) is 3.07. The Labute approximate surface area is 119 Å². The molecule has 0 bridgehead atoms. The van der Waals surface area contributed by atoms with Crippen LogP contribution in [0.25, 0.3) is 0 Å². The fourth-order valence-corrected chi connectivity index (χ4v) is 2.96. The second kappa shape index (κ2) is 6.27. The van der Waals surface area contributed by atoms with Crippen molar-refractivity contribution in [2.75, 3.05) is 25.0 Å². The number of amides is 1. The molecule has 1 saturated heterocycles. The van der Waals surface area contributed by atoms with Gasteiger partial charge in [-0.25, -0.2) is 0 Å². The van der Waals surface area contributed by atoms with Gasteiger partial charge in [0.25, 0.3) is 0 Å². The van der Waals surface area contributed by atoms with Crippen molar-refractivity contribution < 1.29 is 9.53 Å². The zero-order chi connectivity index (χ0) is 13.8. The minimum atomic E-state index is 0.108. The van der Waals surface area contributed by atoms with Crippen LogP contribution < -0.4 is 15.4 Å². The number of hydrogen-bond donors (Lipinski definition) is 2. The first-order valence-electron chi connectivity index (χ1n) is 7.57. The highest BCUT2D eigenvalue weighted by atomic mass is 16.5. The second-order valence-electron chi connectivity index (χ2n) is 5.70. The third-order valence-electron chi connectivity index (χ3n) is 4.23. The van der Waals surface area contributed by atoms with Gasteiger partial charge in [0.15, 0.2) is 0 Å². The molecule has 3 rings (SSSR count). The van der Waals surface area contributed by atoms with Crippen molar-refractivity contribution in [2.45, 2.75) is 32.1 Å². The quantitative estimate of drug-likeness (QED) is 0.886. The summed E-state index contributed by atoms with van der Waals surface area (Å²) in [5, 5.41) is 6.28. The molecule has 1 amide bonds. The smallest absolute Gasteiger partial charge is 0.224 e. The number of piperidine rings is 1. The lowest BCUT2D eigenvalue weighted by Gasteiger charge is -2.22. The molecule has 108 valence electrons. The summed E-state index contributed by atoms with van der Waals surface area (Å²) in [6.07, 6.45) is 5.05. The number of aryl methyl sites for hydroxylation is 1. The van der Waals surface area contributed by atoms with Crippen LogP contribution in [-0.2, 0) is 11.2 Å². The van der Waals surface area contributed by atoms with E-state index in [9.17, 15) is 4.79 Å². The van der Waals surface area contributed by atoms with E-state index in [-0.39, 0.29) is 5.91 Å². The van der Waals surface area contributed by atoms with E-state index in [1.807, 2.05) is 12.1 Å². The van der Waals surface area contributed by atoms with Crippen LogP contribution in [0.2, 0.25) is 0 Å². The Balaban J connectivity index is 1.51. The molecular weight excluding hydrogens is 252 g/mol. The molecule has 1 fully saturated rings. The number of benzene rings is 1. The largest absolute Gasteiger partial charge is 0.494 e. The summed E-state index contributed by atoms with van der Waals surface area (Å²) < 4.78 is 5.87. The van der Waals surface area contributed by atoms with E-state index in [4.69, 9.17) is 4.74 Å². The number of fused-ring (bicyclic) bond motifs is 1. The van der Waals surface area contributed by atoms with Gasteiger partial charge in [-0.15, -0.1) is 0 Å². The van der Waals surface area contributed by atoms with Crippen LogP contribution in [0.15, 0.2) is 18.2 Å². The molecule has 0 aromatic heterocycles. The van der Waals surface area contributed by atoms with E-state index >= 15 is 0 Å². The summed E-state index contributed by atoms with van der Waals surface area (Å²) in [7, 11) is 0. The molecule has 1 aromatic carbocycles. The number of hydrogen-bond acceptors (Lipinski definition) is 3. The number of anilines is 1. The third-order valence-corrected chi connectivity index (χ3v) is 4.23. The lowest BCUT2D eigenvalue weighted by atomic mass is 9.95. The van der Waals surface area contributed by atoms with E-state index in [2.05, 4.69) is 16.7 Å². The Morgan fingerprint density at radius 1 is 1.20 bits per heavy atom. The molecule has 20 heavy (non-hydrogen) atoms. The van der Waals surface area contributed by atoms with E-state index in [0.717, 1.165) is 49.9 Å². The Morgan fingerprint density at radius 3 is 2.90 bits per heavy atom. The van der Waals surface area contributed by atoms with Crippen molar-refractivity contribution in [3.05, 3.63) is 23.8 Å². The van der Waals surface area contributed by atoms with Crippen LogP contribution in [0.1, 0.15) is 31.2 Å². The van der Waals surface area contributed by atoms with Gasteiger partial charge in [0.05, 0.1) is 6.61 Å². The average molecular weight is 274 g/mol. The molecule has 0 aliphatic carbocycles. The maximum absolute atomic E-state index is 11.3. The molecular formula is C16H22N2O2. The van der Waals surface area contributed by atoms with Gasteiger partial charge in [-0.3, -0.25) is 4.79 Å². The number of carbonyl (C=O) groups is 1. The van der Waals surface area contributed by atoms with Crippen LogP contribution in [0.5, 0.6) is 5.75 Å². The molecule has 4 heteroatoms. The number of carbonyl (C=O) groups excluding carboxylic acids is 1. The summed E-state index contributed by atoms with van der Waals surface area (Å²) in [6, 6.07) is 5.97. The highest BCUT2D eigenvalue weighted by molar-refractivity contribution is 5.93. The summed E-state index contributed by atoms with van der Waals surface area (Å²) in [5.41, 5.74) is 2.12. The normalized spacial score (nSPS) is 19.3. The predicted molar refractivity (Wildman–Crippen MR) is 79.1 cm³/mol. The SMILES string of the molecule is O=C1CCc2cc(OCCC3CCNCC3)ccc2N1. The highest BCUT2D eigenvalue weighted by Crippen LogP contribution is 2.27. The van der Waals surface area contributed by atoms with Crippen LogP contribution >= 0.6 is 0 Å². The minimum Gasteiger partial charge on any atom is -0.494 e. The Bertz CT molecular complexity index is 481. The van der Waals surface area contributed by atoms with E-state index in [1.54, 1.807) is 0 Å². The first kappa shape index (κ1) is 13.4. The van der Waals surface area contributed by atoms with Crippen molar-refractivity contribution in [1.29, 1.82) is 0 Å². The van der Waals surface area contributed by atoms with Gasteiger partial charge >= 0.3 is 0 Å². The lowest BCUT2D eigenvalue weighted by molar-refractivity contribution is -0.116. The van der Waals surface area contributed by atoms with Gasteiger partial charge in [0, 0.05) is 12.1 Å². The van der Waals surface area contributed by atoms with Crippen molar-refractivity contribution >= 4 is 11.6 Å². The zero-order valence-electron chi connectivity index (χ0n) is 11.8. The minimum absolute atomic E-state index is 0.108. The van der Waals surface area contributed by atoms with Gasteiger partial charge in [-0.05, 0) is 68.5 Å². The zero-order valence-corrected chi connectivity index (χ0v) is 11.8. The summed E-state index contributed by atoms with van der Waals surface area (Å²) in [5.74, 6) is 1.83. The van der Waals surface area contributed by atoms with Crippen LogP contribution in [0.3, 0.4) is 0 Å². The van der Waals surface area contributed by atoms with E-state index in [0.29, 0.717) is 6.42 Å². The Kier molecular flexibility index (Phi) is 4.21. The molecule has 2 aliphatic rings. The number of nitrogens with one attached hydrogen (secondary N) is 2. The first-order chi connectivity index (χ1) is 9.81. The van der Waals surface area contributed by atoms with E-state index < -0.39 is 0 Å². The maximum atomic E-state index is 11.3. The molecule has 0 spiro atoms. The van der Waals surface area contributed by atoms with E-state index in [1.165, 1.54) is 18.4 Å². The molecule has 2 N–H and O–H groups in total. The van der Waals surface area contributed by atoms with Crippen LogP contribution in [0, 0.1) is 5.92 Å². The fraction of sp³-hybridized carbons (Fsp3) is 0.562. The molecule has 0 unspecified atom stereocenters. The monoisotopic (exact) mass is 274 g/mol. The Morgan fingerprint density at radius 2 is 2.05 bits per heavy atom. The van der Waals surface area contributed by atoms with Gasteiger partial charge in [-0.1, -0.05) is 0 Å². The molecule has 2 aliphatic heterocycles. The molecule has 2 heterocycles. The van der Waals surface area contributed by atoms with Gasteiger partial charge in [0.2, 0.25) is 5.91 Å². The summed E-state index contributed by atoms with van der Waals surface area (Å²) >= 11 is 0. The third kappa shape index (κ3) is 3.31.